The molecule has 0 aliphatic carbocycles. The molecule has 3 aromatic carbocycles. The van der Waals surface area contributed by atoms with Gasteiger partial charge in [0.05, 0.1) is 17.7 Å². The van der Waals surface area contributed by atoms with Gasteiger partial charge < -0.3 is 5.32 Å². The SMILES string of the molecule is C/C(=N/NC(=O)CN(c1ccc(C)cc1C)S(C)(=O)=O)c1ccc(NC(=O)c2ccccc2)cc1. The Hall–Kier alpha value is -3.98. The fourth-order valence-corrected chi connectivity index (χ4v) is 4.34. The number of amides is 2. The van der Waals surface area contributed by atoms with Gasteiger partial charge in [0.2, 0.25) is 10.0 Å². The lowest BCUT2D eigenvalue weighted by Gasteiger charge is -2.23. The monoisotopic (exact) mass is 492 g/mol. The molecular formula is C26H28N4O4S. The van der Waals surface area contributed by atoms with Crippen LogP contribution in [0.5, 0.6) is 0 Å². The van der Waals surface area contributed by atoms with Crippen LogP contribution in [0.3, 0.4) is 0 Å². The molecule has 0 bridgehead atoms. The van der Waals surface area contributed by atoms with Gasteiger partial charge in [0.15, 0.2) is 0 Å². The van der Waals surface area contributed by atoms with Crippen LogP contribution >= 0.6 is 0 Å². The first kappa shape index (κ1) is 25.6. The summed E-state index contributed by atoms with van der Waals surface area (Å²) in [5.41, 5.74) is 7.06. The standard InChI is InChI=1S/C26H28N4O4S/c1-18-10-15-24(19(2)16-18)30(35(4,33)34)17-25(31)29-28-20(3)21-11-13-23(14-12-21)27-26(32)22-8-6-5-7-9-22/h5-16H,17H2,1-4H3,(H,27,32)(H,29,31)/b28-20-. The minimum atomic E-state index is -3.68. The molecule has 0 heterocycles. The van der Waals surface area contributed by atoms with E-state index in [1.165, 1.54) is 0 Å². The molecule has 0 unspecified atom stereocenters. The fraction of sp³-hybridized carbons (Fsp3) is 0.192. The lowest BCUT2D eigenvalue weighted by molar-refractivity contribution is -0.119. The van der Waals surface area contributed by atoms with Gasteiger partial charge >= 0.3 is 0 Å². The number of anilines is 2. The topological polar surface area (TPSA) is 108 Å². The molecular weight excluding hydrogens is 464 g/mol. The van der Waals surface area contributed by atoms with E-state index in [1.54, 1.807) is 74.5 Å². The molecule has 0 radical (unpaired) electrons. The highest BCUT2D eigenvalue weighted by Crippen LogP contribution is 2.23. The van der Waals surface area contributed by atoms with E-state index in [1.807, 2.05) is 19.1 Å². The van der Waals surface area contributed by atoms with Crippen LogP contribution < -0.4 is 15.0 Å². The molecule has 0 aliphatic heterocycles. The maximum Gasteiger partial charge on any atom is 0.260 e. The van der Waals surface area contributed by atoms with Crippen molar-refractivity contribution < 1.29 is 18.0 Å². The second kappa shape index (κ2) is 11.0. The molecule has 35 heavy (non-hydrogen) atoms. The van der Waals surface area contributed by atoms with Gasteiger partial charge in [-0.2, -0.15) is 5.10 Å². The van der Waals surface area contributed by atoms with Crippen molar-refractivity contribution >= 4 is 38.9 Å². The smallest absolute Gasteiger partial charge is 0.260 e. The number of benzene rings is 3. The van der Waals surface area contributed by atoms with E-state index in [9.17, 15) is 18.0 Å². The summed E-state index contributed by atoms with van der Waals surface area (Å²) in [6.45, 7) is 5.03. The molecule has 0 aromatic heterocycles. The zero-order valence-corrected chi connectivity index (χ0v) is 20.9. The number of rotatable bonds is 8. The summed E-state index contributed by atoms with van der Waals surface area (Å²) >= 11 is 0. The zero-order valence-electron chi connectivity index (χ0n) is 20.1. The highest BCUT2D eigenvalue weighted by molar-refractivity contribution is 7.92. The predicted octanol–water partition coefficient (Wildman–Crippen LogP) is 3.86. The quantitative estimate of drug-likeness (QED) is 0.368. The number of carbonyl (C=O) groups excluding carboxylic acids is 2. The van der Waals surface area contributed by atoms with E-state index in [4.69, 9.17) is 0 Å². The van der Waals surface area contributed by atoms with Crippen molar-refractivity contribution in [3.63, 3.8) is 0 Å². The number of hydrazone groups is 1. The van der Waals surface area contributed by atoms with Gasteiger partial charge in [-0.15, -0.1) is 0 Å². The molecule has 182 valence electrons. The van der Waals surface area contributed by atoms with Crippen LogP contribution in [-0.2, 0) is 14.8 Å². The fourth-order valence-electron chi connectivity index (χ4n) is 3.43. The number of hydrogen-bond acceptors (Lipinski definition) is 5. The maximum absolute atomic E-state index is 12.5. The van der Waals surface area contributed by atoms with Crippen LogP contribution in [0, 0.1) is 13.8 Å². The average molecular weight is 493 g/mol. The largest absolute Gasteiger partial charge is 0.322 e. The molecule has 8 nitrogen and oxygen atoms in total. The third-order valence-electron chi connectivity index (χ3n) is 5.25. The van der Waals surface area contributed by atoms with Gasteiger partial charge in [-0.05, 0) is 62.2 Å². The van der Waals surface area contributed by atoms with Crippen LogP contribution in [0.25, 0.3) is 0 Å². The van der Waals surface area contributed by atoms with Crippen LogP contribution in [0.15, 0.2) is 77.9 Å². The van der Waals surface area contributed by atoms with E-state index in [-0.39, 0.29) is 5.91 Å². The van der Waals surface area contributed by atoms with Gasteiger partial charge in [0, 0.05) is 11.3 Å². The Morgan fingerprint density at radius 1 is 0.914 bits per heavy atom. The molecule has 0 atom stereocenters. The molecule has 0 fully saturated rings. The molecule has 2 N–H and O–H groups in total. The lowest BCUT2D eigenvalue weighted by atomic mass is 10.1. The summed E-state index contributed by atoms with van der Waals surface area (Å²) in [5, 5.41) is 6.93. The number of carbonyl (C=O) groups is 2. The molecule has 0 saturated heterocycles. The van der Waals surface area contributed by atoms with E-state index < -0.39 is 22.5 Å². The first-order valence-electron chi connectivity index (χ1n) is 10.9. The number of nitrogens with zero attached hydrogens (tertiary/aromatic N) is 2. The molecule has 0 spiro atoms. The first-order valence-corrected chi connectivity index (χ1v) is 12.7. The summed E-state index contributed by atoms with van der Waals surface area (Å²) in [5.74, 6) is -0.781. The molecule has 3 rings (SSSR count). The van der Waals surface area contributed by atoms with Crippen LogP contribution in [0.2, 0.25) is 0 Å². The van der Waals surface area contributed by atoms with Crippen molar-refractivity contribution in [2.45, 2.75) is 20.8 Å². The maximum atomic E-state index is 12.5. The van der Waals surface area contributed by atoms with Crippen molar-refractivity contribution in [2.75, 3.05) is 22.4 Å². The van der Waals surface area contributed by atoms with Gasteiger partial charge in [-0.25, -0.2) is 13.8 Å². The van der Waals surface area contributed by atoms with Crippen molar-refractivity contribution in [2.24, 2.45) is 5.10 Å². The zero-order chi connectivity index (χ0) is 25.6. The van der Waals surface area contributed by atoms with E-state index >= 15 is 0 Å². The van der Waals surface area contributed by atoms with Gasteiger partial charge in [-0.3, -0.25) is 13.9 Å². The molecule has 9 heteroatoms. The van der Waals surface area contributed by atoms with Crippen molar-refractivity contribution in [1.82, 2.24) is 5.43 Å². The Morgan fingerprint density at radius 3 is 2.17 bits per heavy atom. The number of hydrogen-bond donors (Lipinski definition) is 2. The van der Waals surface area contributed by atoms with Gasteiger partial charge in [0.25, 0.3) is 11.8 Å². The molecule has 0 saturated carbocycles. The van der Waals surface area contributed by atoms with Crippen LogP contribution in [-0.4, -0.2) is 38.7 Å². The van der Waals surface area contributed by atoms with Gasteiger partial charge in [0.1, 0.15) is 6.54 Å². The molecule has 2 amide bonds. The third kappa shape index (κ3) is 7.00. The number of nitrogens with one attached hydrogen (secondary N) is 2. The average Bonchev–Trinajstić information content (AvgIpc) is 2.82. The summed E-state index contributed by atoms with van der Waals surface area (Å²) in [6.07, 6.45) is 1.06. The second-order valence-electron chi connectivity index (χ2n) is 8.19. The van der Waals surface area contributed by atoms with Crippen LogP contribution in [0.1, 0.15) is 34.0 Å². The summed E-state index contributed by atoms with van der Waals surface area (Å²) in [7, 11) is -3.68. The number of aryl methyl sites for hydroxylation is 2. The Balaban J connectivity index is 1.65. The molecule has 3 aromatic rings. The Morgan fingerprint density at radius 2 is 1.57 bits per heavy atom. The van der Waals surface area contributed by atoms with E-state index in [0.29, 0.717) is 22.6 Å². The minimum Gasteiger partial charge on any atom is -0.322 e. The second-order valence-corrected chi connectivity index (χ2v) is 10.1. The van der Waals surface area contributed by atoms with Crippen molar-refractivity contribution in [3.8, 4) is 0 Å². The Bertz CT molecular complexity index is 1350. The summed E-state index contributed by atoms with van der Waals surface area (Å²) in [4.78, 5) is 24.8. The first-order chi connectivity index (χ1) is 16.5. The highest BCUT2D eigenvalue weighted by atomic mass is 32.2. The van der Waals surface area contributed by atoms with Crippen LogP contribution in [0.4, 0.5) is 11.4 Å². The van der Waals surface area contributed by atoms with E-state index in [0.717, 1.165) is 27.3 Å². The third-order valence-corrected chi connectivity index (χ3v) is 6.38. The Labute approximate surface area is 205 Å². The summed E-state index contributed by atoms with van der Waals surface area (Å²) in [6, 6.07) is 21.3. The molecule has 0 aliphatic rings. The number of sulfonamides is 1. The summed E-state index contributed by atoms with van der Waals surface area (Å²) < 4.78 is 25.7. The van der Waals surface area contributed by atoms with Gasteiger partial charge in [-0.1, -0.05) is 48.0 Å². The van der Waals surface area contributed by atoms with Crippen molar-refractivity contribution in [1.29, 1.82) is 0 Å². The predicted molar refractivity (Wildman–Crippen MR) is 139 cm³/mol. The lowest BCUT2D eigenvalue weighted by Crippen LogP contribution is -2.39. The highest BCUT2D eigenvalue weighted by Gasteiger charge is 2.22. The Kier molecular flexibility index (Phi) is 8.03. The normalized spacial score (nSPS) is 11.6. The minimum absolute atomic E-state index is 0.213. The van der Waals surface area contributed by atoms with E-state index in [2.05, 4.69) is 15.8 Å². The van der Waals surface area contributed by atoms with Crippen molar-refractivity contribution in [3.05, 3.63) is 95.1 Å².